The van der Waals surface area contributed by atoms with Crippen LogP contribution < -0.4 is 5.56 Å². The van der Waals surface area contributed by atoms with Crippen LogP contribution in [0.15, 0.2) is 51.7 Å². The third kappa shape index (κ3) is 3.03. The van der Waals surface area contributed by atoms with Gasteiger partial charge in [0.05, 0.1) is 19.0 Å². The van der Waals surface area contributed by atoms with Crippen LogP contribution in [0.5, 0.6) is 0 Å². The molecule has 0 saturated carbocycles. The van der Waals surface area contributed by atoms with Gasteiger partial charge in [0.2, 0.25) is 5.76 Å². The van der Waals surface area contributed by atoms with Gasteiger partial charge in [0.15, 0.2) is 0 Å². The molecule has 0 aliphatic heterocycles. The molecule has 28 heavy (non-hydrogen) atoms. The molecule has 4 aromatic rings. The summed E-state index contributed by atoms with van der Waals surface area (Å²) in [6.07, 6.45) is 0. The van der Waals surface area contributed by atoms with Crippen LogP contribution in [0.4, 0.5) is 0 Å². The molecule has 6 nitrogen and oxygen atoms in total. The molecular weight excluding hydrogens is 376 g/mol. The summed E-state index contributed by atoms with van der Waals surface area (Å²) in [6, 6.07) is 13.0. The number of benzene rings is 1. The molecule has 0 aliphatic rings. The van der Waals surface area contributed by atoms with E-state index in [0.29, 0.717) is 17.0 Å². The van der Waals surface area contributed by atoms with E-state index >= 15 is 0 Å². The number of thiophene rings is 1. The normalized spacial score (nSPS) is 11.1. The van der Waals surface area contributed by atoms with Gasteiger partial charge in [-0.1, -0.05) is 30.3 Å². The fraction of sp³-hybridized carbons (Fsp3) is 0.190. The lowest BCUT2D eigenvalue weighted by Crippen LogP contribution is -2.24. The lowest BCUT2D eigenvalue weighted by atomic mass is 10.0. The number of carbonyl (C=O) groups is 1. The van der Waals surface area contributed by atoms with Crippen molar-refractivity contribution in [2.75, 3.05) is 7.11 Å². The summed E-state index contributed by atoms with van der Waals surface area (Å²) < 4.78 is 11.8. The van der Waals surface area contributed by atoms with Crippen molar-refractivity contribution in [3.05, 3.63) is 75.0 Å². The first kappa shape index (κ1) is 18.2. The van der Waals surface area contributed by atoms with Crippen molar-refractivity contribution in [2.45, 2.75) is 20.4 Å². The molecule has 0 spiro atoms. The molecule has 0 unspecified atom stereocenters. The number of methoxy groups -OCH3 is 1. The maximum Gasteiger partial charge on any atom is 0.373 e. The molecule has 0 amide bonds. The Kier molecular flexibility index (Phi) is 4.60. The number of aryl methyl sites for hydroxylation is 2. The van der Waals surface area contributed by atoms with E-state index < -0.39 is 5.97 Å². The van der Waals surface area contributed by atoms with E-state index in [1.165, 1.54) is 24.5 Å². The first-order chi connectivity index (χ1) is 13.5. The summed E-state index contributed by atoms with van der Waals surface area (Å²) in [5.41, 5.74) is 1.79. The molecule has 4 rings (SSSR count). The van der Waals surface area contributed by atoms with Gasteiger partial charge in [-0.25, -0.2) is 9.78 Å². The molecule has 3 aromatic heterocycles. The second-order valence-electron chi connectivity index (χ2n) is 6.39. The van der Waals surface area contributed by atoms with Gasteiger partial charge in [0.1, 0.15) is 16.4 Å². The maximum atomic E-state index is 13.4. The fourth-order valence-corrected chi connectivity index (χ4v) is 4.35. The highest BCUT2D eigenvalue weighted by molar-refractivity contribution is 7.19. The third-order valence-electron chi connectivity index (χ3n) is 4.60. The lowest BCUT2D eigenvalue weighted by molar-refractivity contribution is 0.0563. The molecule has 0 saturated heterocycles. The highest BCUT2D eigenvalue weighted by atomic mass is 32.1. The number of nitrogens with zero attached hydrogens (tertiary/aromatic N) is 2. The van der Waals surface area contributed by atoms with Crippen LogP contribution in [0.2, 0.25) is 0 Å². The fourth-order valence-electron chi connectivity index (χ4n) is 3.26. The summed E-state index contributed by atoms with van der Waals surface area (Å²) in [5, 5.41) is 0.610. The van der Waals surface area contributed by atoms with E-state index in [-0.39, 0.29) is 17.9 Å². The standard InChI is InChI=1S/C21H18N2O4S/c1-12-17(14-7-5-4-6-8-14)18-19(28-12)22-13(2)23(20(18)24)11-15-9-10-16(27-15)21(25)26-3/h4-10H,11H2,1-3H3. The molecule has 1 aromatic carbocycles. The molecule has 0 bridgehead atoms. The predicted octanol–water partition coefficient (Wildman–Crippen LogP) is 4.17. The average Bonchev–Trinajstić information content (AvgIpc) is 3.29. The summed E-state index contributed by atoms with van der Waals surface area (Å²) in [5.74, 6) is 0.631. The molecular formula is C21H18N2O4S. The number of hydrogen-bond acceptors (Lipinski definition) is 6. The zero-order valence-corrected chi connectivity index (χ0v) is 16.5. The molecule has 142 valence electrons. The third-order valence-corrected chi connectivity index (χ3v) is 5.60. The molecule has 0 radical (unpaired) electrons. The molecule has 0 fully saturated rings. The van der Waals surface area contributed by atoms with Crippen LogP contribution in [0.3, 0.4) is 0 Å². The Labute approximate surface area is 165 Å². The van der Waals surface area contributed by atoms with E-state index in [2.05, 4.69) is 9.72 Å². The number of hydrogen-bond donors (Lipinski definition) is 0. The van der Waals surface area contributed by atoms with E-state index in [0.717, 1.165) is 20.8 Å². The SMILES string of the molecule is COC(=O)c1ccc(Cn2c(C)nc3sc(C)c(-c4ccccc4)c3c2=O)o1. The van der Waals surface area contributed by atoms with Crippen molar-refractivity contribution in [3.63, 3.8) is 0 Å². The van der Waals surface area contributed by atoms with Gasteiger partial charge in [0.25, 0.3) is 5.56 Å². The minimum absolute atomic E-state index is 0.105. The number of aromatic nitrogens is 2. The number of rotatable bonds is 4. The number of ether oxygens (including phenoxy) is 1. The molecule has 3 heterocycles. The summed E-state index contributed by atoms with van der Waals surface area (Å²) in [6.45, 7) is 3.99. The van der Waals surface area contributed by atoms with Crippen LogP contribution in [0, 0.1) is 13.8 Å². The van der Waals surface area contributed by atoms with Gasteiger partial charge in [-0.2, -0.15) is 0 Å². The van der Waals surface area contributed by atoms with Crippen molar-refractivity contribution in [3.8, 4) is 11.1 Å². The number of carbonyl (C=O) groups excluding carboxylic acids is 1. The number of furan rings is 1. The zero-order valence-electron chi connectivity index (χ0n) is 15.7. The smallest absolute Gasteiger partial charge is 0.373 e. The van der Waals surface area contributed by atoms with Crippen LogP contribution in [-0.2, 0) is 11.3 Å². The minimum atomic E-state index is -0.552. The Hall–Kier alpha value is -3.19. The van der Waals surface area contributed by atoms with Gasteiger partial charge in [0, 0.05) is 10.4 Å². The highest BCUT2D eigenvalue weighted by Crippen LogP contribution is 2.35. The van der Waals surface area contributed by atoms with Gasteiger partial charge in [-0.15, -0.1) is 11.3 Å². The van der Waals surface area contributed by atoms with E-state index in [9.17, 15) is 9.59 Å². The maximum absolute atomic E-state index is 13.4. The Morgan fingerprint density at radius 1 is 1.18 bits per heavy atom. The van der Waals surface area contributed by atoms with Crippen molar-refractivity contribution in [1.82, 2.24) is 9.55 Å². The van der Waals surface area contributed by atoms with Crippen LogP contribution in [0.1, 0.15) is 27.0 Å². The van der Waals surface area contributed by atoms with Crippen molar-refractivity contribution in [2.24, 2.45) is 0 Å². The zero-order chi connectivity index (χ0) is 19.8. The van der Waals surface area contributed by atoms with Crippen LogP contribution in [0.25, 0.3) is 21.3 Å². The largest absolute Gasteiger partial charge is 0.463 e. The van der Waals surface area contributed by atoms with Gasteiger partial charge >= 0.3 is 5.97 Å². The minimum Gasteiger partial charge on any atom is -0.463 e. The molecule has 7 heteroatoms. The van der Waals surface area contributed by atoms with E-state index in [4.69, 9.17) is 4.42 Å². The first-order valence-electron chi connectivity index (χ1n) is 8.72. The Bertz CT molecular complexity index is 1230. The van der Waals surface area contributed by atoms with Crippen LogP contribution >= 0.6 is 11.3 Å². The average molecular weight is 394 g/mol. The van der Waals surface area contributed by atoms with E-state index in [1.54, 1.807) is 17.6 Å². The number of esters is 1. The summed E-state index contributed by atoms with van der Waals surface area (Å²) in [4.78, 5) is 31.4. The van der Waals surface area contributed by atoms with Gasteiger partial charge in [-0.05, 0) is 31.5 Å². The van der Waals surface area contributed by atoms with Crippen molar-refractivity contribution in [1.29, 1.82) is 0 Å². The molecule has 0 atom stereocenters. The van der Waals surface area contributed by atoms with E-state index in [1.807, 2.05) is 37.3 Å². The van der Waals surface area contributed by atoms with Crippen LogP contribution in [-0.4, -0.2) is 22.6 Å². The Morgan fingerprint density at radius 3 is 2.64 bits per heavy atom. The van der Waals surface area contributed by atoms with Gasteiger partial charge < -0.3 is 9.15 Å². The summed E-state index contributed by atoms with van der Waals surface area (Å²) in [7, 11) is 1.29. The monoisotopic (exact) mass is 394 g/mol. The predicted molar refractivity (Wildman–Crippen MR) is 108 cm³/mol. The second-order valence-corrected chi connectivity index (χ2v) is 7.59. The lowest BCUT2D eigenvalue weighted by Gasteiger charge is -2.09. The Morgan fingerprint density at radius 2 is 1.93 bits per heavy atom. The molecule has 0 N–H and O–H groups in total. The second kappa shape index (κ2) is 7.09. The van der Waals surface area contributed by atoms with Crippen molar-refractivity contribution < 1.29 is 13.9 Å². The first-order valence-corrected chi connectivity index (χ1v) is 9.54. The Balaban J connectivity index is 1.85. The molecule has 0 aliphatic carbocycles. The quantitative estimate of drug-likeness (QED) is 0.486. The highest BCUT2D eigenvalue weighted by Gasteiger charge is 2.19. The number of fused-ring (bicyclic) bond motifs is 1. The van der Waals surface area contributed by atoms with Crippen molar-refractivity contribution >= 4 is 27.5 Å². The summed E-state index contributed by atoms with van der Waals surface area (Å²) >= 11 is 1.52. The van der Waals surface area contributed by atoms with Gasteiger partial charge in [-0.3, -0.25) is 9.36 Å². The topological polar surface area (TPSA) is 74.3 Å².